The third kappa shape index (κ3) is 3.03. The summed E-state index contributed by atoms with van der Waals surface area (Å²) in [5.41, 5.74) is -0.0501. The van der Waals surface area contributed by atoms with Gasteiger partial charge in [0, 0.05) is 35.6 Å². The van der Waals surface area contributed by atoms with Crippen LogP contribution in [0, 0.1) is 6.92 Å². The Balaban J connectivity index is 2.02. The second-order valence-corrected chi connectivity index (χ2v) is 6.62. The molecular formula is C17H19F4N3. The van der Waals surface area contributed by atoms with E-state index in [1.54, 1.807) is 6.20 Å². The molecule has 2 aromatic rings. The molecule has 1 aliphatic rings. The summed E-state index contributed by atoms with van der Waals surface area (Å²) >= 11 is 0. The molecule has 24 heavy (non-hydrogen) atoms. The quantitative estimate of drug-likeness (QED) is 0.730. The number of aromatic nitrogens is 3. The number of alkyl halides is 4. The molecule has 0 radical (unpaired) electrons. The largest absolute Gasteiger partial charge is 0.418 e. The molecule has 1 fully saturated rings. The summed E-state index contributed by atoms with van der Waals surface area (Å²) in [6.07, 6.45) is -1.28. The number of rotatable bonds is 3. The number of imidazole rings is 1. The van der Waals surface area contributed by atoms with Crippen molar-refractivity contribution in [1.82, 2.24) is 14.5 Å². The molecule has 2 aromatic heterocycles. The van der Waals surface area contributed by atoms with Crippen molar-refractivity contribution in [3.05, 3.63) is 35.5 Å². The van der Waals surface area contributed by atoms with Crippen LogP contribution in [0.1, 0.15) is 55.7 Å². The number of nitrogens with zero attached hydrogens (tertiary/aromatic N) is 3. The fourth-order valence-corrected chi connectivity index (χ4v) is 2.98. The molecule has 3 nitrogen and oxygen atoms in total. The van der Waals surface area contributed by atoms with Crippen LogP contribution in [0.15, 0.2) is 18.5 Å². The highest BCUT2D eigenvalue weighted by molar-refractivity contribution is 5.59. The van der Waals surface area contributed by atoms with Crippen LogP contribution in [0.2, 0.25) is 0 Å². The Morgan fingerprint density at radius 2 is 1.92 bits per heavy atom. The van der Waals surface area contributed by atoms with Gasteiger partial charge in [-0.05, 0) is 25.8 Å². The van der Waals surface area contributed by atoms with Gasteiger partial charge in [0.2, 0.25) is 0 Å². The normalized spacial score (nSPS) is 21.2. The molecule has 0 saturated heterocycles. The third-order valence-electron chi connectivity index (χ3n) is 4.41. The van der Waals surface area contributed by atoms with Crippen molar-refractivity contribution < 1.29 is 17.6 Å². The highest BCUT2D eigenvalue weighted by atomic mass is 19.4. The van der Waals surface area contributed by atoms with Crippen molar-refractivity contribution in [1.29, 1.82) is 0 Å². The van der Waals surface area contributed by atoms with Gasteiger partial charge < -0.3 is 4.57 Å². The van der Waals surface area contributed by atoms with Gasteiger partial charge in [0.25, 0.3) is 0 Å². The van der Waals surface area contributed by atoms with Gasteiger partial charge in [-0.2, -0.15) is 13.2 Å². The summed E-state index contributed by atoms with van der Waals surface area (Å²) in [4.78, 5) is 8.36. The smallest absolute Gasteiger partial charge is 0.331 e. The maximum absolute atomic E-state index is 13.2. The van der Waals surface area contributed by atoms with E-state index in [2.05, 4.69) is 9.97 Å². The first-order valence-corrected chi connectivity index (χ1v) is 7.94. The summed E-state index contributed by atoms with van der Waals surface area (Å²) in [6, 6.07) is 1.11. The standard InChI is InChI=1S/C17H19F4N3/c1-9(2)16-23-15(8-24(16)13-5-12(18)6-13)11-4-14(17(19,20)21)10(3)22-7-11/h4,7-9,12-13H,5-6H2,1-3H3/t12-,13-. The minimum absolute atomic E-state index is 0.0270. The zero-order valence-corrected chi connectivity index (χ0v) is 13.7. The first kappa shape index (κ1) is 16.9. The van der Waals surface area contributed by atoms with E-state index in [0.717, 1.165) is 11.9 Å². The van der Waals surface area contributed by atoms with Crippen LogP contribution < -0.4 is 0 Å². The molecule has 0 aliphatic heterocycles. The molecule has 3 rings (SSSR count). The Morgan fingerprint density at radius 3 is 2.46 bits per heavy atom. The highest BCUT2D eigenvalue weighted by Gasteiger charge is 2.35. The Kier molecular flexibility index (Phi) is 4.13. The average molecular weight is 341 g/mol. The van der Waals surface area contributed by atoms with Gasteiger partial charge in [-0.15, -0.1) is 0 Å². The van der Waals surface area contributed by atoms with E-state index >= 15 is 0 Å². The van der Waals surface area contributed by atoms with E-state index in [-0.39, 0.29) is 17.7 Å². The van der Waals surface area contributed by atoms with Crippen LogP contribution in [0.4, 0.5) is 17.6 Å². The lowest BCUT2D eigenvalue weighted by Gasteiger charge is -2.32. The SMILES string of the molecule is Cc1ncc(-c2cn([C@H]3C[C@H](F)C3)c(C(C)C)n2)cc1C(F)(F)F. The molecule has 1 saturated carbocycles. The van der Waals surface area contributed by atoms with Crippen molar-refractivity contribution in [2.24, 2.45) is 0 Å². The summed E-state index contributed by atoms with van der Waals surface area (Å²) in [7, 11) is 0. The monoisotopic (exact) mass is 341 g/mol. The van der Waals surface area contributed by atoms with Gasteiger partial charge in [0.15, 0.2) is 0 Å². The third-order valence-corrected chi connectivity index (χ3v) is 4.41. The molecule has 0 aromatic carbocycles. The molecule has 0 atom stereocenters. The number of hydrogen-bond donors (Lipinski definition) is 0. The zero-order valence-electron chi connectivity index (χ0n) is 13.7. The van der Waals surface area contributed by atoms with Crippen molar-refractivity contribution in [3.8, 4) is 11.3 Å². The number of aryl methyl sites for hydroxylation is 1. The minimum atomic E-state index is -4.45. The number of halogens is 4. The van der Waals surface area contributed by atoms with E-state index < -0.39 is 17.9 Å². The van der Waals surface area contributed by atoms with Crippen molar-refractivity contribution in [2.45, 2.75) is 57.9 Å². The van der Waals surface area contributed by atoms with E-state index in [1.807, 2.05) is 18.4 Å². The second kappa shape index (κ2) is 5.86. The van der Waals surface area contributed by atoms with Crippen LogP contribution in [-0.2, 0) is 6.18 Å². The lowest BCUT2D eigenvalue weighted by molar-refractivity contribution is -0.138. The van der Waals surface area contributed by atoms with Crippen LogP contribution in [-0.4, -0.2) is 20.7 Å². The molecule has 0 bridgehead atoms. The summed E-state index contributed by atoms with van der Waals surface area (Å²) in [5, 5.41) is 0. The molecule has 0 N–H and O–H groups in total. The molecule has 7 heteroatoms. The lowest BCUT2D eigenvalue weighted by atomic mass is 9.90. The van der Waals surface area contributed by atoms with Gasteiger partial charge in [-0.1, -0.05) is 13.8 Å². The van der Waals surface area contributed by atoms with Gasteiger partial charge in [-0.25, -0.2) is 9.37 Å². The number of pyridine rings is 1. The topological polar surface area (TPSA) is 30.7 Å². The predicted octanol–water partition coefficient (Wildman–Crippen LogP) is 5.07. The maximum Gasteiger partial charge on any atom is 0.418 e. The van der Waals surface area contributed by atoms with Gasteiger partial charge in [-0.3, -0.25) is 4.98 Å². The van der Waals surface area contributed by atoms with Crippen molar-refractivity contribution in [2.75, 3.05) is 0 Å². The van der Waals surface area contributed by atoms with E-state index in [9.17, 15) is 17.6 Å². The molecule has 0 unspecified atom stereocenters. The molecular weight excluding hydrogens is 322 g/mol. The Hall–Kier alpha value is -1.92. The Bertz CT molecular complexity index is 743. The first-order chi connectivity index (χ1) is 11.2. The van der Waals surface area contributed by atoms with Crippen LogP contribution in [0.5, 0.6) is 0 Å². The molecule has 0 amide bonds. The summed E-state index contributed by atoms with van der Waals surface area (Å²) < 4.78 is 54.3. The van der Waals surface area contributed by atoms with Crippen LogP contribution in [0.3, 0.4) is 0 Å². The van der Waals surface area contributed by atoms with Crippen molar-refractivity contribution >= 4 is 0 Å². The van der Waals surface area contributed by atoms with Crippen molar-refractivity contribution in [3.63, 3.8) is 0 Å². The molecule has 1 aliphatic carbocycles. The lowest BCUT2D eigenvalue weighted by Crippen LogP contribution is -2.28. The van der Waals surface area contributed by atoms with Gasteiger partial charge in [0.05, 0.1) is 11.3 Å². The Morgan fingerprint density at radius 1 is 1.25 bits per heavy atom. The second-order valence-electron chi connectivity index (χ2n) is 6.62. The highest BCUT2D eigenvalue weighted by Crippen LogP contribution is 2.39. The number of hydrogen-bond acceptors (Lipinski definition) is 2. The fourth-order valence-electron chi connectivity index (χ4n) is 2.98. The van der Waals surface area contributed by atoms with E-state index in [4.69, 9.17) is 0 Å². The van der Waals surface area contributed by atoms with E-state index in [0.29, 0.717) is 24.1 Å². The first-order valence-electron chi connectivity index (χ1n) is 7.94. The summed E-state index contributed by atoms with van der Waals surface area (Å²) in [5.74, 6) is 0.855. The molecule has 2 heterocycles. The van der Waals surface area contributed by atoms with Gasteiger partial charge in [0.1, 0.15) is 12.0 Å². The average Bonchev–Trinajstić information content (AvgIpc) is 2.88. The fraction of sp³-hybridized carbons (Fsp3) is 0.529. The molecule has 130 valence electrons. The zero-order chi connectivity index (χ0) is 17.6. The predicted molar refractivity (Wildman–Crippen MR) is 82.5 cm³/mol. The van der Waals surface area contributed by atoms with Crippen LogP contribution in [0.25, 0.3) is 11.3 Å². The summed E-state index contributed by atoms with van der Waals surface area (Å²) in [6.45, 7) is 5.26. The Labute approximate surface area is 137 Å². The molecule has 0 spiro atoms. The van der Waals surface area contributed by atoms with Gasteiger partial charge >= 0.3 is 6.18 Å². The minimum Gasteiger partial charge on any atom is -0.331 e. The van der Waals surface area contributed by atoms with E-state index in [1.165, 1.54) is 13.1 Å². The maximum atomic E-state index is 13.2. The van der Waals surface area contributed by atoms with Crippen LogP contribution >= 0.6 is 0 Å².